The molecule has 0 spiro atoms. The van der Waals surface area contributed by atoms with Crippen LogP contribution in [0.25, 0.3) is 0 Å². The van der Waals surface area contributed by atoms with Crippen molar-refractivity contribution in [2.45, 2.75) is 46.4 Å². The number of aromatic nitrogens is 1. The molecule has 0 fully saturated rings. The number of aliphatic imine (C=N–C) groups is 1. The predicted octanol–water partition coefficient (Wildman–Crippen LogP) is 2.63. The molecule has 3 N–H and O–H groups in total. The third-order valence-corrected chi connectivity index (χ3v) is 3.72. The van der Waals surface area contributed by atoms with Gasteiger partial charge in [-0.05, 0) is 44.9 Å². The van der Waals surface area contributed by atoms with E-state index in [2.05, 4.69) is 25.9 Å². The van der Waals surface area contributed by atoms with Crippen LogP contribution in [-0.4, -0.2) is 35.5 Å². The first-order chi connectivity index (χ1) is 13.9. The molecule has 1 aromatic heterocycles. The third kappa shape index (κ3) is 9.10. The van der Waals surface area contributed by atoms with Crippen LogP contribution in [0.1, 0.15) is 38.8 Å². The Labute approximate surface area is 173 Å². The molecule has 0 unspecified atom stereocenters. The number of amides is 1. The largest absolute Gasteiger partial charge is 0.473 e. The van der Waals surface area contributed by atoms with Gasteiger partial charge in [0.1, 0.15) is 6.61 Å². The highest BCUT2D eigenvalue weighted by molar-refractivity contribution is 5.86. The molecule has 7 heteroatoms. The number of nitrogens with one attached hydrogen (secondary N) is 3. The fourth-order valence-corrected chi connectivity index (χ4v) is 2.50. The van der Waals surface area contributed by atoms with Crippen LogP contribution >= 0.6 is 0 Å². The summed E-state index contributed by atoms with van der Waals surface area (Å²) in [7, 11) is 0. The number of hydrogen-bond acceptors (Lipinski definition) is 4. The average molecular weight is 398 g/mol. The van der Waals surface area contributed by atoms with Crippen LogP contribution in [0.2, 0.25) is 0 Å². The van der Waals surface area contributed by atoms with Gasteiger partial charge >= 0.3 is 0 Å². The maximum absolute atomic E-state index is 12.0. The lowest BCUT2D eigenvalue weighted by Crippen LogP contribution is -2.48. The van der Waals surface area contributed by atoms with Crippen molar-refractivity contribution in [1.82, 2.24) is 20.9 Å². The van der Waals surface area contributed by atoms with Crippen LogP contribution in [-0.2, 0) is 17.9 Å². The van der Waals surface area contributed by atoms with Crippen molar-refractivity contribution in [2.24, 2.45) is 4.99 Å². The number of pyridine rings is 1. The van der Waals surface area contributed by atoms with Crippen LogP contribution < -0.4 is 20.7 Å². The minimum absolute atomic E-state index is 0.0800. The third-order valence-electron chi connectivity index (χ3n) is 3.72. The number of ether oxygens (including phenoxy) is 1. The highest BCUT2D eigenvalue weighted by atomic mass is 16.5. The Bertz CT molecular complexity index is 800. The molecule has 0 aliphatic carbocycles. The van der Waals surface area contributed by atoms with Gasteiger partial charge in [0, 0.05) is 24.3 Å². The summed E-state index contributed by atoms with van der Waals surface area (Å²) in [5.74, 6) is 1.06. The number of carbonyl (C=O) groups is 1. The Morgan fingerprint density at radius 3 is 2.55 bits per heavy atom. The van der Waals surface area contributed by atoms with E-state index in [-0.39, 0.29) is 18.0 Å². The van der Waals surface area contributed by atoms with E-state index < -0.39 is 0 Å². The van der Waals surface area contributed by atoms with Gasteiger partial charge in [0.15, 0.2) is 5.96 Å². The Kier molecular flexibility index (Phi) is 8.45. The van der Waals surface area contributed by atoms with Gasteiger partial charge < -0.3 is 20.7 Å². The number of hydrogen-bond donors (Lipinski definition) is 3. The number of guanidine groups is 1. The summed E-state index contributed by atoms with van der Waals surface area (Å²) in [6.45, 7) is 9.60. The summed E-state index contributed by atoms with van der Waals surface area (Å²) in [4.78, 5) is 20.8. The van der Waals surface area contributed by atoms with Crippen LogP contribution in [0.4, 0.5) is 0 Å². The molecule has 0 radical (unpaired) electrons. The van der Waals surface area contributed by atoms with Crippen LogP contribution in [0, 0.1) is 0 Å². The second-order valence-electron chi connectivity index (χ2n) is 7.62. The number of benzene rings is 1. The Morgan fingerprint density at radius 1 is 1.10 bits per heavy atom. The molecule has 0 saturated heterocycles. The highest BCUT2D eigenvalue weighted by Gasteiger charge is 2.13. The molecule has 0 bridgehead atoms. The Balaban J connectivity index is 1.91. The predicted molar refractivity (Wildman–Crippen MR) is 116 cm³/mol. The average Bonchev–Trinajstić information content (AvgIpc) is 2.68. The van der Waals surface area contributed by atoms with Crippen molar-refractivity contribution >= 4 is 11.9 Å². The maximum atomic E-state index is 12.0. The normalized spacial score (nSPS) is 11.7. The van der Waals surface area contributed by atoms with E-state index in [1.165, 1.54) is 0 Å². The fraction of sp³-hybridized carbons (Fsp3) is 0.409. The quantitative estimate of drug-likeness (QED) is 0.471. The van der Waals surface area contributed by atoms with E-state index in [0.29, 0.717) is 31.5 Å². The molecule has 0 saturated carbocycles. The monoisotopic (exact) mass is 397 g/mol. The number of carbonyl (C=O) groups excluding carboxylic acids is 1. The Morgan fingerprint density at radius 2 is 1.86 bits per heavy atom. The zero-order chi connectivity index (χ0) is 21.1. The van der Waals surface area contributed by atoms with Crippen molar-refractivity contribution in [2.75, 3.05) is 13.1 Å². The van der Waals surface area contributed by atoms with E-state index in [1.54, 1.807) is 6.20 Å². The first kappa shape index (κ1) is 22.2. The van der Waals surface area contributed by atoms with Crippen molar-refractivity contribution in [3.8, 4) is 5.88 Å². The minimum atomic E-state index is -0.262. The van der Waals surface area contributed by atoms with Gasteiger partial charge in [-0.2, -0.15) is 0 Å². The second kappa shape index (κ2) is 11.0. The fourth-order valence-electron chi connectivity index (χ4n) is 2.50. The molecule has 1 aromatic carbocycles. The van der Waals surface area contributed by atoms with E-state index in [0.717, 1.165) is 11.1 Å². The van der Waals surface area contributed by atoms with Gasteiger partial charge in [0.05, 0.1) is 13.1 Å². The smallest absolute Gasteiger partial charge is 0.239 e. The van der Waals surface area contributed by atoms with Crippen LogP contribution in [0.3, 0.4) is 0 Å². The van der Waals surface area contributed by atoms with Crippen molar-refractivity contribution in [3.63, 3.8) is 0 Å². The molecule has 1 heterocycles. The molecule has 7 nitrogen and oxygen atoms in total. The molecule has 156 valence electrons. The molecule has 2 rings (SSSR count). The number of rotatable bonds is 8. The van der Waals surface area contributed by atoms with E-state index in [4.69, 9.17) is 4.74 Å². The summed E-state index contributed by atoms with van der Waals surface area (Å²) in [6, 6.07) is 13.7. The van der Waals surface area contributed by atoms with Gasteiger partial charge in [-0.15, -0.1) is 0 Å². The molecule has 0 atom stereocenters. The Hall–Kier alpha value is -3.09. The summed E-state index contributed by atoms with van der Waals surface area (Å²) < 4.78 is 5.77. The number of nitrogens with zero attached hydrogens (tertiary/aromatic N) is 2. The summed E-state index contributed by atoms with van der Waals surface area (Å²) in [6.07, 6.45) is 1.71. The van der Waals surface area contributed by atoms with Gasteiger partial charge in [0.25, 0.3) is 0 Å². The molecule has 29 heavy (non-hydrogen) atoms. The SMILES string of the molecule is CCNC(=NCc1ccnc(OCc2ccccc2)c1)NCC(=O)NC(C)(C)C. The van der Waals surface area contributed by atoms with Crippen molar-refractivity contribution < 1.29 is 9.53 Å². The van der Waals surface area contributed by atoms with Crippen LogP contribution in [0.15, 0.2) is 53.7 Å². The molecular weight excluding hydrogens is 366 g/mol. The van der Waals surface area contributed by atoms with E-state index in [9.17, 15) is 4.79 Å². The van der Waals surface area contributed by atoms with Crippen LogP contribution in [0.5, 0.6) is 5.88 Å². The topological polar surface area (TPSA) is 87.6 Å². The first-order valence-electron chi connectivity index (χ1n) is 9.80. The van der Waals surface area contributed by atoms with Crippen molar-refractivity contribution in [3.05, 3.63) is 59.8 Å². The van der Waals surface area contributed by atoms with Gasteiger partial charge in [-0.3, -0.25) is 4.79 Å². The minimum Gasteiger partial charge on any atom is -0.473 e. The summed E-state index contributed by atoms with van der Waals surface area (Å²) >= 11 is 0. The van der Waals surface area contributed by atoms with Crippen molar-refractivity contribution in [1.29, 1.82) is 0 Å². The standard InChI is InChI=1S/C22H31N5O2/c1-5-23-21(26-15-19(28)27-22(2,3)4)25-14-18-11-12-24-20(13-18)29-16-17-9-7-6-8-10-17/h6-13H,5,14-16H2,1-4H3,(H,27,28)(H2,23,25,26). The van der Waals surface area contributed by atoms with E-state index >= 15 is 0 Å². The van der Waals surface area contributed by atoms with E-state index in [1.807, 2.05) is 70.2 Å². The zero-order valence-corrected chi connectivity index (χ0v) is 17.7. The van der Waals surface area contributed by atoms with Gasteiger partial charge in [-0.1, -0.05) is 30.3 Å². The lowest BCUT2D eigenvalue weighted by atomic mass is 10.1. The summed E-state index contributed by atoms with van der Waals surface area (Å²) in [5, 5.41) is 9.12. The lowest BCUT2D eigenvalue weighted by Gasteiger charge is -2.21. The second-order valence-corrected chi connectivity index (χ2v) is 7.62. The zero-order valence-electron chi connectivity index (χ0n) is 17.7. The van der Waals surface area contributed by atoms with Gasteiger partial charge in [-0.25, -0.2) is 9.98 Å². The molecule has 0 aliphatic heterocycles. The first-order valence-corrected chi connectivity index (χ1v) is 9.80. The van der Waals surface area contributed by atoms with Gasteiger partial charge in [0.2, 0.25) is 11.8 Å². The molecular formula is C22H31N5O2. The maximum Gasteiger partial charge on any atom is 0.239 e. The summed E-state index contributed by atoms with van der Waals surface area (Å²) in [5.41, 5.74) is 1.80. The molecule has 2 aromatic rings. The molecule has 1 amide bonds. The molecule has 0 aliphatic rings. The lowest BCUT2D eigenvalue weighted by molar-refractivity contribution is -0.121. The highest BCUT2D eigenvalue weighted by Crippen LogP contribution is 2.12.